The summed E-state index contributed by atoms with van der Waals surface area (Å²) < 4.78 is 15.4. The number of carboxylic acids is 3. The highest BCUT2D eigenvalue weighted by Gasteiger charge is 2.32. The Kier molecular flexibility index (Phi) is 16.5. The van der Waals surface area contributed by atoms with Gasteiger partial charge < -0.3 is 29.5 Å². The average Bonchev–Trinajstić information content (AvgIpc) is 2.89. The number of hydrogen-bond acceptors (Lipinski definition) is 6. The van der Waals surface area contributed by atoms with Gasteiger partial charge in [0, 0.05) is 0 Å². The third-order valence-electron chi connectivity index (χ3n) is 6.38. The van der Waals surface area contributed by atoms with Crippen molar-refractivity contribution in [1.29, 1.82) is 0 Å². The van der Waals surface area contributed by atoms with Crippen molar-refractivity contribution in [3.63, 3.8) is 0 Å². The second kappa shape index (κ2) is 19.3. The first kappa shape index (κ1) is 33.3. The monoisotopic (exact) mass is 546 g/mol. The summed E-state index contributed by atoms with van der Waals surface area (Å²) in [7, 11) is 0. The van der Waals surface area contributed by atoms with Gasteiger partial charge in [0.25, 0.3) is 0 Å². The van der Waals surface area contributed by atoms with Gasteiger partial charge in [-0.3, -0.25) is 0 Å². The Morgan fingerprint density at radius 2 is 0.795 bits per heavy atom. The van der Waals surface area contributed by atoms with Crippen LogP contribution in [0.1, 0.15) is 106 Å². The van der Waals surface area contributed by atoms with Crippen LogP contribution in [0.2, 0.25) is 0 Å². The zero-order valence-electron chi connectivity index (χ0n) is 22.8. The Bertz CT molecular complexity index is 981. The maximum absolute atomic E-state index is 12.6. The van der Waals surface area contributed by atoms with Crippen LogP contribution >= 0.6 is 0 Å². The third kappa shape index (κ3) is 11.3. The first-order valence-electron chi connectivity index (χ1n) is 13.4. The van der Waals surface area contributed by atoms with Gasteiger partial charge in [0.2, 0.25) is 0 Å². The number of aromatic carboxylic acids is 3. The molecule has 216 valence electrons. The van der Waals surface area contributed by atoms with Crippen LogP contribution in [0, 0.1) is 0 Å². The van der Waals surface area contributed by atoms with Gasteiger partial charge in [-0.05, 0) is 93.7 Å². The highest BCUT2D eigenvalue weighted by molar-refractivity contribution is 6.07. The van der Waals surface area contributed by atoms with E-state index < -0.39 is 23.5 Å². The van der Waals surface area contributed by atoms with Gasteiger partial charge >= 0.3 is 17.9 Å². The van der Waals surface area contributed by atoms with Crippen molar-refractivity contribution in [1.82, 2.24) is 0 Å². The SMILES string of the molecule is C=COCCCCCc1c(CCCCCOC=C)c(C(=O)O)c(C(=O)O)c(CCCCCOC=C)c1C(=O)O. The molecule has 39 heavy (non-hydrogen) atoms. The third-order valence-corrected chi connectivity index (χ3v) is 6.38. The number of carboxylic acid groups (broad SMARTS) is 3. The summed E-state index contributed by atoms with van der Waals surface area (Å²) in [6.07, 6.45) is 10.6. The van der Waals surface area contributed by atoms with Crippen molar-refractivity contribution in [3.05, 3.63) is 71.9 Å². The zero-order valence-corrected chi connectivity index (χ0v) is 22.8. The summed E-state index contributed by atoms with van der Waals surface area (Å²) in [5.41, 5.74) is -0.00768. The molecule has 0 spiro atoms. The van der Waals surface area contributed by atoms with Crippen molar-refractivity contribution in [2.75, 3.05) is 19.8 Å². The predicted octanol–water partition coefficient (Wildman–Crippen LogP) is 6.40. The van der Waals surface area contributed by atoms with Crippen LogP contribution in [0.5, 0.6) is 0 Å². The molecule has 1 aromatic rings. The molecule has 0 unspecified atom stereocenters. The number of ether oxygens (including phenoxy) is 3. The Labute approximate surface area is 230 Å². The van der Waals surface area contributed by atoms with Gasteiger partial charge in [0.1, 0.15) is 0 Å². The number of carbonyl (C=O) groups is 3. The second-order valence-electron chi connectivity index (χ2n) is 9.02. The van der Waals surface area contributed by atoms with E-state index in [1.807, 2.05) is 0 Å². The van der Waals surface area contributed by atoms with Crippen molar-refractivity contribution >= 4 is 17.9 Å². The number of hydrogen-bond donors (Lipinski definition) is 3. The highest BCUT2D eigenvalue weighted by atomic mass is 16.5. The Hall–Kier alpha value is -3.75. The Morgan fingerprint density at radius 3 is 1.13 bits per heavy atom. The van der Waals surface area contributed by atoms with E-state index in [4.69, 9.17) is 14.2 Å². The molecule has 0 aliphatic heterocycles. The van der Waals surface area contributed by atoms with Crippen LogP contribution in [0.3, 0.4) is 0 Å². The minimum Gasteiger partial charge on any atom is -0.502 e. The van der Waals surface area contributed by atoms with Crippen LogP contribution in [0.25, 0.3) is 0 Å². The molecule has 9 nitrogen and oxygen atoms in total. The highest BCUT2D eigenvalue weighted by Crippen LogP contribution is 2.33. The molecule has 0 fully saturated rings. The lowest BCUT2D eigenvalue weighted by molar-refractivity contribution is 0.0646. The summed E-state index contributed by atoms with van der Waals surface area (Å²) in [6, 6.07) is 0. The predicted molar refractivity (Wildman–Crippen MR) is 148 cm³/mol. The van der Waals surface area contributed by atoms with Gasteiger partial charge in [-0.25, -0.2) is 14.4 Å². The topological polar surface area (TPSA) is 140 Å². The largest absolute Gasteiger partial charge is 0.502 e. The molecule has 0 amide bonds. The van der Waals surface area contributed by atoms with Crippen LogP contribution < -0.4 is 0 Å². The molecule has 0 atom stereocenters. The number of unbranched alkanes of at least 4 members (excludes halogenated alkanes) is 6. The molecule has 0 aliphatic carbocycles. The normalized spacial score (nSPS) is 10.5. The standard InChI is InChI=1S/C30H42O9/c1-4-37-19-13-7-10-16-22-23(17-11-8-14-20-38-5-2)26(29(33)34)27(30(35)36)24(25(22)28(31)32)18-12-9-15-21-39-6-3/h4-6H,1-3,7-21H2,(H,31,32)(H,33,34)(H,35,36). The molecular formula is C30H42O9. The summed E-state index contributed by atoms with van der Waals surface area (Å²) in [5, 5.41) is 30.6. The molecule has 0 heterocycles. The van der Waals surface area contributed by atoms with E-state index >= 15 is 0 Å². The molecular weight excluding hydrogens is 504 g/mol. The summed E-state index contributed by atoms with van der Waals surface area (Å²) in [5.74, 6) is -4.05. The summed E-state index contributed by atoms with van der Waals surface area (Å²) in [6.45, 7) is 11.9. The fraction of sp³-hybridized carbons (Fsp3) is 0.500. The molecule has 3 N–H and O–H groups in total. The quantitative estimate of drug-likeness (QED) is 0.0992. The maximum Gasteiger partial charge on any atom is 0.336 e. The molecule has 0 aliphatic rings. The number of rotatable bonds is 24. The van der Waals surface area contributed by atoms with Gasteiger partial charge in [0.05, 0.1) is 55.3 Å². The molecule has 0 radical (unpaired) electrons. The fourth-order valence-electron chi connectivity index (χ4n) is 4.68. The van der Waals surface area contributed by atoms with Gasteiger partial charge in [-0.2, -0.15) is 0 Å². The second-order valence-corrected chi connectivity index (χ2v) is 9.02. The van der Waals surface area contributed by atoms with Gasteiger partial charge in [-0.1, -0.05) is 19.7 Å². The average molecular weight is 547 g/mol. The first-order chi connectivity index (χ1) is 18.8. The van der Waals surface area contributed by atoms with E-state index in [2.05, 4.69) is 19.7 Å². The summed E-state index contributed by atoms with van der Waals surface area (Å²) >= 11 is 0. The molecule has 0 saturated carbocycles. The van der Waals surface area contributed by atoms with Crippen LogP contribution in [-0.4, -0.2) is 53.0 Å². The van der Waals surface area contributed by atoms with Gasteiger partial charge in [-0.15, -0.1) is 0 Å². The fourth-order valence-corrected chi connectivity index (χ4v) is 4.68. The first-order valence-corrected chi connectivity index (χ1v) is 13.4. The van der Waals surface area contributed by atoms with Crippen molar-refractivity contribution in [3.8, 4) is 0 Å². The lowest BCUT2D eigenvalue weighted by atomic mass is 9.81. The van der Waals surface area contributed by atoms with E-state index in [0.29, 0.717) is 82.3 Å². The molecule has 0 aromatic heterocycles. The molecule has 1 rings (SSSR count). The van der Waals surface area contributed by atoms with Crippen molar-refractivity contribution < 1.29 is 43.9 Å². The van der Waals surface area contributed by atoms with E-state index in [1.54, 1.807) is 0 Å². The van der Waals surface area contributed by atoms with E-state index in [-0.39, 0.29) is 29.5 Å². The maximum atomic E-state index is 12.6. The van der Waals surface area contributed by atoms with E-state index in [9.17, 15) is 29.7 Å². The molecule has 0 saturated heterocycles. The van der Waals surface area contributed by atoms with E-state index in [1.165, 1.54) is 18.8 Å². The number of benzene rings is 1. The van der Waals surface area contributed by atoms with Crippen molar-refractivity contribution in [2.45, 2.75) is 77.0 Å². The Balaban J connectivity index is 3.52. The lowest BCUT2D eigenvalue weighted by Crippen LogP contribution is -2.22. The molecule has 1 aromatic carbocycles. The van der Waals surface area contributed by atoms with Crippen molar-refractivity contribution in [2.24, 2.45) is 0 Å². The van der Waals surface area contributed by atoms with Gasteiger partial charge in [0.15, 0.2) is 0 Å². The molecule has 9 heteroatoms. The van der Waals surface area contributed by atoms with E-state index in [0.717, 1.165) is 12.8 Å². The Morgan fingerprint density at radius 1 is 0.487 bits per heavy atom. The van der Waals surface area contributed by atoms with Crippen LogP contribution in [0.4, 0.5) is 0 Å². The zero-order chi connectivity index (χ0) is 29.0. The minimum absolute atomic E-state index is 0.0742. The van der Waals surface area contributed by atoms with Crippen LogP contribution in [0.15, 0.2) is 38.5 Å². The lowest BCUT2D eigenvalue weighted by Gasteiger charge is -2.22. The van der Waals surface area contributed by atoms with Crippen LogP contribution in [-0.2, 0) is 33.5 Å². The summed E-state index contributed by atoms with van der Waals surface area (Å²) in [4.78, 5) is 37.6. The minimum atomic E-state index is -1.44. The smallest absolute Gasteiger partial charge is 0.336 e. The molecule has 0 bridgehead atoms.